The molecule has 15 nitrogen and oxygen atoms in total. The Kier molecular flexibility index (Phi) is 7.54. The number of nitrogens with two attached hydrogens (primary N) is 2. The number of nitrogens with zero attached hydrogens (tertiary/aromatic N) is 4. The fraction of sp³-hybridized carbons (Fsp3) is 0.176. The van der Waals surface area contributed by atoms with Crippen LogP contribution in [0.25, 0.3) is 0 Å². The standard InChI is InChI=1S/C17H14N6O9S/c1-33(30)17-21-14(31-9-4-7(6-18)2-3-8(9)13(20)25)12(23(28)29)15(22-17)32-10(16(26)27)5-11(19)24/h2-4,10H,5H2,1H3,(H2,19,24)(H2,20,25)(H,26,27). The summed E-state index contributed by atoms with van der Waals surface area (Å²) >= 11 is 0. The lowest BCUT2D eigenvalue weighted by molar-refractivity contribution is -0.387. The molecule has 0 aliphatic heterocycles. The molecule has 33 heavy (non-hydrogen) atoms. The van der Waals surface area contributed by atoms with Crippen molar-refractivity contribution in [3.63, 3.8) is 0 Å². The lowest BCUT2D eigenvalue weighted by atomic mass is 10.1. The molecule has 1 aromatic heterocycles. The Hall–Kier alpha value is -4.65. The number of hydrogen-bond acceptors (Lipinski definition) is 11. The molecular formula is C17H14N6O9S. The Morgan fingerprint density at radius 1 is 1.30 bits per heavy atom. The van der Waals surface area contributed by atoms with Crippen molar-refractivity contribution in [1.29, 1.82) is 5.26 Å². The van der Waals surface area contributed by atoms with Gasteiger partial charge in [0.25, 0.3) is 5.91 Å². The molecule has 0 radical (unpaired) electrons. The Bertz CT molecular complexity index is 1230. The van der Waals surface area contributed by atoms with E-state index in [2.05, 4.69) is 9.97 Å². The highest BCUT2D eigenvalue weighted by molar-refractivity contribution is 7.84. The molecule has 2 rings (SSSR count). The van der Waals surface area contributed by atoms with E-state index in [4.69, 9.17) is 26.2 Å². The molecule has 2 aromatic rings. The third-order valence-corrected chi connectivity index (χ3v) is 4.43. The van der Waals surface area contributed by atoms with E-state index in [9.17, 15) is 33.8 Å². The van der Waals surface area contributed by atoms with Crippen molar-refractivity contribution >= 4 is 34.3 Å². The number of benzene rings is 1. The second-order valence-electron chi connectivity index (χ2n) is 6.08. The maximum Gasteiger partial charge on any atom is 0.392 e. The van der Waals surface area contributed by atoms with Crippen molar-refractivity contribution in [2.24, 2.45) is 11.5 Å². The van der Waals surface area contributed by atoms with Crippen LogP contribution in [-0.2, 0) is 20.4 Å². The zero-order valence-corrected chi connectivity index (χ0v) is 17.4. The third kappa shape index (κ3) is 5.95. The first-order chi connectivity index (χ1) is 15.4. The van der Waals surface area contributed by atoms with E-state index in [1.165, 1.54) is 6.07 Å². The molecule has 0 aliphatic carbocycles. The van der Waals surface area contributed by atoms with Crippen molar-refractivity contribution in [1.82, 2.24) is 9.97 Å². The van der Waals surface area contributed by atoms with Gasteiger partial charge in [-0.3, -0.25) is 23.9 Å². The second-order valence-corrected chi connectivity index (χ2v) is 7.35. The monoisotopic (exact) mass is 478 g/mol. The summed E-state index contributed by atoms with van der Waals surface area (Å²) in [6.45, 7) is 0. The molecule has 0 bridgehead atoms. The van der Waals surface area contributed by atoms with E-state index in [-0.39, 0.29) is 11.1 Å². The van der Waals surface area contributed by atoms with Crippen LogP contribution >= 0.6 is 0 Å². The van der Waals surface area contributed by atoms with E-state index in [0.717, 1.165) is 18.4 Å². The Labute approximate surface area is 186 Å². The summed E-state index contributed by atoms with van der Waals surface area (Å²) in [5.41, 5.74) is 8.84. The van der Waals surface area contributed by atoms with Gasteiger partial charge in [0.2, 0.25) is 17.2 Å². The number of rotatable bonds is 10. The largest absolute Gasteiger partial charge is 0.478 e. The molecule has 0 saturated heterocycles. The summed E-state index contributed by atoms with van der Waals surface area (Å²) in [5, 5.41) is 29.5. The van der Waals surface area contributed by atoms with Gasteiger partial charge in [0.1, 0.15) is 5.75 Å². The van der Waals surface area contributed by atoms with Crippen molar-refractivity contribution in [2.45, 2.75) is 17.7 Å². The lowest BCUT2D eigenvalue weighted by Gasteiger charge is -2.15. The van der Waals surface area contributed by atoms with Gasteiger partial charge < -0.3 is 26.0 Å². The number of carbonyl (C=O) groups is 3. The molecule has 2 amide bonds. The zero-order valence-electron chi connectivity index (χ0n) is 16.6. The molecule has 0 aliphatic rings. The van der Waals surface area contributed by atoms with Crippen molar-refractivity contribution < 1.29 is 38.1 Å². The van der Waals surface area contributed by atoms with Gasteiger partial charge in [-0.25, -0.2) is 4.79 Å². The van der Waals surface area contributed by atoms with Gasteiger partial charge in [-0.05, 0) is 18.2 Å². The number of primary amides is 2. The fourth-order valence-electron chi connectivity index (χ4n) is 2.32. The number of ether oxygens (including phenoxy) is 2. The lowest BCUT2D eigenvalue weighted by Crippen LogP contribution is -2.33. The summed E-state index contributed by atoms with van der Waals surface area (Å²) in [7, 11) is -1.97. The van der Waals surface area contributed by atoms with Crippen LogP contribution in [0.4, 0.5) is 5.69 Å². The maximum atomic E-state index is 12.0. The molecule has 1 aromatic carbocycles. The van der Waals surface area contributed by atoms with Gasteiger partial charge in [-0.15, -0.1) is 0 Å². The zero-order chi connectivity index (χ0) is 24.9. The molecule has 2 unspecified atom stereocenters. The van der Waals surface area contributed by atoms with Crippen molar-refractivity contribution in [3.8, 4) is 23.6 Å². The molecule has 16 heteroatoms. The van der Waals surface area contributed by atoms with Crippen LogP contribution in [0.3, 0.4) is 0 Å². The summed E-state index contributed by atoms with van der Waals surface area (Å²) in [6.07, 6.45) is -1.74. The first-order valence-corrected chi connectivity index (χ1v) is 10.1. The van der Waals surface area contributed by atoms with Crippen LogP contribution in [0.15, 0.2) is 23.4 Å². The van der Waals surface area contributed by atoms with Crippen LogP contribution in [0.1, 0.15) is 22.3 Å². The molecule has 1 heterocycles. The van der Waals surface area contributed by atoms with Gasteiger partial charge in [-0.1, -0.05) is 0 Å². The van der Waals surface area contributed by atoms with Crippen LogP contribution < -0.4 is 20.9 Å². The number of amides is 2. The molecular weight excluding hydrogens is 464 g/mol. The molecule has 0 saturated carbocycles. The number of nitriles is 1. The van der Waals surface area contributed by atoms with Gasteiger partial charge in [0.05, 0.1) is 39.3 Å². The Morgan fingerprint density at radius 2 is 1.94 bits per heavy atom. The summed E-state index contributed by atoms with van der Waals surface area (Å²) in [5.74, 6) is -6.07. The Morgan fingerprint density at radius 3 is 2.42 bits per heavy atom. The molecule has 2 atom stereocenters. The van der Waals surface area contributed by atoms with E-state index in [0.29, 0.717) is 0 Å². The minimum absolute atomic E-state index is 0.00475. The quantitative estimate of drug-likeness (QED) is 0.224. The highest BCUT2D eigenvalue weighted by Gasteiger charge is 2.34. The SMILES string of the molecule is CS(=O)c1nc(Oc2cc(C#N)ccc2C(N)=O)c([N+](=O)[O-])c(OC(CC(N)=O)C(=O)O)n1. The fourth-order valence-corrected chi connectivity index (χ4v) is 2.74. The van der Waals surface area contributed by atoms with Crippen LogP contribution in [0.2, 0.25) is 0 Å². The van der Waals surface area contributed by atoms with Crippen molar-refractivity contribution in [2.75, 3.05) is 6.26 Å². The first-order valence-electron chi connectivity index (χ1n) is 8.54. The van der Waals surface area contributed by atoms with Gasteiger partial charge in [-0.2, -0.15) is 15.2 Å². The molecule has 0 fully saturated rings. The van der Waals surface area contributed by atoms with E-state index in [1.54, 1.807) is 6.07 Å². The number of carboxylic acids is 1. The number of carboxylic acid groups (broad SMARTS) is 1. The number of carbonyl (C=O) groups excluding carboxylic acids is 2. The van der Waals surface area contributed by atoms with E-state index < -0.39 is 74.4 Å². The normalized spacial score (nSPS) is 12.1. The smallest absolute Gasteiger partial charge is 0.392 e. The highest BCUT2D eigenvalue weighted by atomic mass is 32.2. The average Bonchev–Trinajstić information content (AvgIpc) is 2.71. The average molecular weight is 478 g/mol. The minimum Gasteiger partial charge on any atom is -0.478 e. The molecule has 172 valence electrons. The molecule has 0 spiro atoms. The van der Waals surface area contributed by atoms with Gasteiger partial charge in [0.15, 0.2) is 0 Å². The third-order valence-electron chi connectivity index (χ3n) is 3.74. The van der Waals surface area contributed by atoms with Gasteiger partial charge >= 0.3 is 23.4 Å². The maximum absolute atomic E-state index is 12.0. The number of nitro groups is 1. The topological polar surface area (TPSA) is 252 Å². The predicted molar refractivity (Wildman–Crippen MR) is 107 cm³/mol. The van der Waals surface area contributed by atoms with E-state index in [1.807, 2.05) is 0 Å². The van der Waals surface area contributed by atoms with Crippen LogP contribution in [-0.4, -0.2) is 54.4 Å². The molecule has 5 N–H and O–H groups in total. The number of aliphatic carboxylic acids is 1. The van der Waals surface area contributed by atoms with Crippen LogP contribution in [0.5, 0.6) is 17.5 Å². The van der Waals surface area contributed by atoms with Gasteiger partial charge in [0, 0.05) is 6.26 Å². The summed E-state index contributed by atoms with van der Waals surface area (Å²) < 4.78 is 22.3. The Balaban J connectivity index is 2.73. The summed E-state index contributed by atoms with van der Waals surface area (Å²) in [4.78, 5) is 52.2. The predicted octanol–water partition coefficient (Wildman–Crippen LogP) is -0.408. The highest BCUT2D eigenvalue weighted by Crippen LogP contribution is 2.38. The minimum atomic E-state index is -1.98. The second kappa shape index (κ2) is 10.1. The van der Waals surface area contributed by atoms with E-state index >= 15 is 0 Å². The summed E-state index contributed by atoms with van der Waals surface area (Å²) in [6, 6.07) is 5.19. The number of hydrogen-bond donors (Lipinski definition) is 3. The van der Waals surface area contributed by atoms with Crippen LogP contribution in [0, 0.1) is 21.4 Å². The first kappa shape index (κ1) is 24.6. The number of aromatic nitrogens is 2. The van der Waals surface area contributed by atoms with Crippen molar-refractivity contribution in [3.05, 3.63) is 39.4 Å².